The van der Waals surface area contributed by atoms with Crippen LogP contribution in [0.3, 0.4) is 0 Å². The number of hydrogen-bond donors (Lipinski definition) is 1. The van der Waals surface area contributed by atoms with E-state index in [1.807, 2.05) is 0 Å². The van der Waals surface area contributed by atoms with Gasteiger partial charge in [0.05, 0.1) is 0 Å². The van der Waals surface area contributed by atoms with Crippen LogP contribution in [-0.4, -0.2) is 7.05 Å². The number of aryl methyl sites for hydroxylation is 2. The molecule has 1 heteroatoms. The van der Waals surface area contributed by atoms with Crippen molar-refractivity contribution in [1.29, 1.82) is 0 Å². The third kappa shape index (κ3) is 3.71. The summed E-state index contributed by atoms with van der Waals surface area (Å²) in [6.07, 6.45) is 3.56. The second kappa shape index (κ2) is 7.25. The third-order valence-corrected chi connectivity index (χ3v) is 4.11. The summed E-state index contributed by atoms with van der Waals surface area (Å²) < 4.78 is 0. The summed E-state index contributed by atoms with van der Waals surface area (Å²) in [5.74, 6) is 0. The Labute approximate surface area is 123 Å². The molecule has 0 saturated heterocycles. The molecule has 0 fully saturated rings. The molecular formula is C19H25N. The van der Waals surface area contributed by atoms with Crippen LogP contribution in [-0.2, 0) is 6.42 Å². The Morgan fingerprint density at radius 3 is 2.15 bits per heavy atom. The van der Waals surface area contributed by atoms with Gasteiger partial charge in [-0.3, -0.25) is 0 Å². The van der Waals surface area contributed by atoms with Crippen LogP contribution in [0.5, 0.6) is 0 Å². The van der Waals surface area contributed by atoms with E-state index >= 15 is 0 Å². The van der Waals surface area contributed by atoms with Gasteiger partial charge in [-0.15, -0.1) is 0 Å². The Morgan fingerprint density at radius 2 is 1.55 bits per heavy atom. The van der Waals surface area contributed by atoms with Gasteiger partial charge >= 0.3 is 0 Å². The van der Waals surface area contributed by atoms with E-state index < -0.39 is 0 Å². The molecule has 1 unspecified atom stereocenters. The van der Waals surface area contributed by atoms with E-state index in [-0.39, 0.29) is 0 Å². The van der Waals surface area contributed by atoms with Gasteiger partial charge in [-0.05, 0) is 62.4 Å². The molecule has 2 aromatic rings. The highest BCUT2D eigenvalue weighted by Crippen LogP contribution is 2.21. The molecule has 0 saturated carbocycles. The van der Waals surface area contributed by atoms with E-state index in [2.05, 4.69) is 74.7 Å². The van der Waals surface area contributed by atoms with Crippen LogP contribution in [0.15, 0.2) is 48.5 Å². The first-order chi connectivity index (χ1) is 9.72. The summed E-state index contributed by atoms with van der Waals surface area (Å²) in [7, 11) is 2.05. The van der Waals surface area contributed by atoms with Crippen molar-refractivity contribution in [2.24, 2.45) is 0 Å². The first-order valence-corrected chi connectivity index (χ1v) is 7.49. The lowest BCUT2D eigenvalue weighted by atomic mass is 9.95. The zero-order valence-electron chi connectivity index (χ0n) is 12.8. The minimum Gasteiger partial charge on any atom is -0.313 e. The van der Waals surface area contributed by atoms with Gasteiger partial charge in [0, 0.05) is 6.04 Å². The maximum absolute atomic E-state index is 3.43. The average molecular weight is 267 g/mol. The lowest BCUT2D eigenvalue weighted by Gasteiger charge is -2.17. The Bertz CT molecular complexity index is 510. The minimum atomic E-state index is 0.459. The largest absolute Gasteiger partial charge is 0.313 e. The maximum atomic E-state index is 3.43. The van der Waals surface area contributed by atoms with Crippen molar-refractivity contribution in [1.82, 2.24) is 5.32 Å². The number of nitrogens with one attached hydrogen (secondary N) is 1. The van der Waals surface area contributed by atoms with Crippen molar-refractivity contribution < 1.29 is 0 Å². The summed E-state index contributed by atoms with van der Waals surface area (Å²) in [6.45, 7) is 4.43. The van der Waals surface area contributed by atoms with Gasteiger partial charge in [-0.25, -0.2) is 0 Å². The highest BCUT2D eigenvalue weighted by Gasteiger charge is 2.09. The molecule has 0 aliphatic carbocycles. The van der Waals surface area contributed by atoms with Gasteiger partial charge in [0.1, 0.15) is 0 Å². The molecule has 2 rings (SSSR count). The minimum absolute atomic E-state index is 0.459. The molecule has 20 heavy (non-hydrogen) atoms. The second-order valence-corrected chi connectivity index (χ2v) is 5.51. The Morgan fingerprint density at radius 1 is 0.900 bits per heavy atom. The van der Waals surface area contributed by atoms with E-state index in [1.54, 1.807) is 0 Å². The summed E-state index contributed by atoms with van der Waals surface area (Å²) >= 11 is 0. The molecule has 0 amide bonds. The van der Waals surface area contributed by atoms with Gasteiger partial charge in [-0.2, -0.15) is 0 Å². The molecule has 0 aromatic heterocycles. The molecule has 0 aliphatic rings. The smallest absolute Gasteiger partial charge is 0.0317 e. The standard InChI is InChI=1S/C19H25N/c1-15-9-7-10-16(2)18(15)13-8-14-19(20-3)17-11-5-4-6-12-17/h4-7,9-12,19-20H,8,13-14H2,1-3H3. The molecule has 0 bridgehead atoms. The second-order valence-electron chi connectivity index (χ2n) is 5.51. The fraction of sp³-hybridized carbons (Fsp3) is 0.368. The predicted octanol–water partition coefficient (Wildman–Crippen LogP) is 4.59. The van der Waals surface area contributed by atoms with Crippen LogP contribution in [0.4, 0.5) is 0 Å². The third-order valence-electron chi connectivity index (χ3n) is 4.11. The van der Waals surface area contributed by atoms with Crippen molar-refractivity contribution in [3.05, 3.63) is 70.8 Å². The zero-order chi connectivity index (χ0) is 14.4. The fourth-order valence-corrected chi connectivity index (χ4v) is 2.89. The molecule has 0 radical (unpaired) electrons. The van der Waals surface area contributed by atoms with E-state index in [4.69, 9.17) is 0 Å². The lowest BCUT2D eigenvalue weighted by molar-refractivity contribution is 0.526. The summed E-state index contributed by atoms with van der Waals surface area (Å²) in [4.78, 5) is 0. The van der Waals surface area contributed by atoms with Gasteiger partial charge in [0.2, 0.25) is 0 Å². The van der Waals surface area contributed by atoms with Crippen LogP contribution in [0.2, 0.25) is 0 Å². The van der Waals surface area contributed by atoms with Gasteiger partial charge in [0.25, 0.3) is 0 Å². The van der Waals surface area contributed by atoms with Crippen LogP contribution < -0.4 is 5.32 Å². The van der Waals surface area contributed by atoms with Gasteiger partial charge < -0.3 is 5.32 Å². The molecule has 2 aromatic carbocycles. The van der Waals surface area contributed by atoms with Crippen molar-refractivity contribution in [2.75, 3.05) is 7.05 Å². The Hall–Kier alpha value is -1.60. The van der Waals surface area contributed by atoms with E-state index in [1.165, 1.54) is 41.5 Å². The molecule has 1 atom stereocenters. The molecule has 0 heterocycles. The Kier molecular flexibility index (Phi) is 5.37. The molecule has 1 N–H and O–H groups in total. The van der Waals surface area contributed by atoms with Crippen molar-refractivity contribution in [3.63, 3.8) is 0 Å². The molecule has 0 aliphatic heterocycles. The number of benzene rings is 2. The Balaban J connectivity index is 1.95. The quantitative estimate of drug-likeness (QED) is 0.807. The van der Waals surface area contributed by atoms with Crippen molar-refractivity contribution >= 4 is 0 Å². The topological polar surface area (TPSA) is 12.0 Å². The first-order valence-electron chi connectivity index (χ1n) is 7.49. The van der Waals surface area contributed by atoms with Crippen molar-refractivity contribution in [2.45, 2.75) is 39.2 Å². The first kappa shape index (κ1) is 14.8. The SMILES string of the molecule is CNC(CCCc1c(C)cccc1C)c1ccccc1. The summed E-state index contributed by atoms with van der Waals surface area (Å²) in [5, 5.41) is 3.43. The number of rotatable bonds is 6. The lowest BCUT2D eigenvalue weighted by Crippen LogP contribution is -2.16. The van der Waals surface area contributed by atoms with Crippen LogP contribution >= 0.6 is 0 Å². The van der Waals surface area contributed by atoms with Crippen LogP contribution in [0.25, 0.3) is 0 Å². The molecule has 106 valence electrons. The zero-order valence-corrected chi connectivity index (χ0v) is 12.8. The average Bonchev–Trinajstić information content (AvgIpc) is 2.47. The molecule has 1 nitrogen and oxygen atoms in total. The van der Waals surface area contributed by atoms with Gasteiger partial charge in [-0.1, -0.05) is 48.5 Å². The highest BCUT2D eigenvalue weighted by atomic mass is 14.9. The van der Waals surface area contributed by atoms with E-state index in [0.29, 0.717) is 6.04 Å². The summed E-state index contributed by atoms with van der Waals surface area (Å²) in [5.41, 5.74) is 5.75. The number of hydrogen-bond acceptors (Lipinski definition) is 1. The monoisotopic (exact) mass is 267 g/mol. The van der Waals surface area contributed by atoms with E-state index in [0.717, 1.165) is 0 Å². The fourth-order valence-electron chi connectivity index (χ4n) is 2.89. The summed E-state index contributed by atoms with van der Waals surface area (Å²) in [6, 6.07) is 17.8. The predicted molar refractivity (Wildman–Crippen MR) is 87.1 cm³/mol. The van der Waals surface area contributed by atoms with Crippen molar-refractivity contribution in [3.8, 4) is 0 Å². The van der Waals surface area contributed by atoms with Gasteiger partial charge in [0.15, 0.2) is 0 Å². The van der Waals surface area contributed by atoms with Crippen LogP contribution in [0, 0.1) is 13.8 Å². The van der Waals surface area contributed by atoms with E-state index in [9.17, 15) is 0 Å². The van der Waals surface area contributed by atoms with Crippen LogP contribution in [0.1, 0.15) is 41.1 Å². The molecule has 0 spiro atoms. The maximum Gasteiger partial charge on any atom is 0.0317 e. The molecular weight excluding hydrogens is 242 g/mol. The normalized spacial score (nSPS) is 12.3. The highest BCUT2D eigenvalue weighted by molar-refractivity contribution is 5.33.